The van der Waals surface area contributed by atoms with Gasteiger partial charge in [0.1, 0.15) is 6.04 Å². The first kappa shape index (κ1) is 13.0. The molecule has 18 heavy (non-hydrogen) atoms. The Hall–Kier alpha value is -1.42. The van der Waals surface area contributed by atoms with E-state index in [0.29, 0.717) is 0 Å². The number of hydrogen-bond acceptors (Lipinski definition) is 3. The summed E-state index contributed by atoms with van der Waals surface area (Å²) in [6.07, 6.45) is 7.53. The second kappa shape index (κ2) is 5.96. The molecule has 0 bridgehead atoms. The van der Waals surface area contributed by atoms with Crippen molar-refractivity contribution in [1.82, 2.24) is 9.88 Å². The first-order chi connectivity index (χ1) is 8.70. The van der Waals surface area contributed by atoms with Crippen molar-refractivity contribution in [2.75, 3.05) is 6.54 Å². The van der Waals surface area contributed by atoms with E-state index in [2.05, 4.69) is 16.8 Å². The average Bonchev–Trinajstić information content (AvgIpc) is 2.64. The molecule has 2 unspecified atom stereocenters. The van der Waals surface area contributed by atoms with E-state index in [1.165, 1.54) is 0 Å². The van der Waals surface area contributed by atoms with Crippen LogP contribution in [0.3, 0.4) is 0 Å². The van der Waals surface area contributed by atoms with Gasteiger partial charge in [-0.25, -0.2) is 0 Å². The second-order valence-electron chi connectivity index (χ2n) is 4.90. The SMILES string of the molecule is CC(c1cccnc1)N1CCCCCC1C(=O)O. The molecule has 2 rings (SSSR count). The van der Waals surface area contributed by atoms with Gasteiger partial charge in [0.25, 0.3) is 0 Å². The van der Waals surface area contributed by atoms with E-state index in [1.54, 1.807) is 6.20 Å². The molecule has 1 aliphatic heterocycles. The van der Waals surface area contributed by atoms with Gasteiger partial charge in [-0.1, -0.05) is 18.9 Å². The van der Waals surface area contributed by atoms with E-state index < -0.39 is 5.97 Å². The van der Waals surface area contributed by atoms with Gasteiger partial charge in [-0.2, -0.15) is 0 Å². The first-order valence-corrected chi connectivity index (χ1v) is 6.58. The van der Waals surface area contributed by atoms with Crippen LogP contribution in [-0.4, -0.2) is 33.5 Å². The summed E-state index contributed by atoms with van der Waals surface area (Å²) in [4.78, 5) is 17.6. The molecule has 2 heterocycles. The molecule has 1 aliphatic rings. The number of aliphatic carboxylic acids is 1. The van der Waals surface area contributed by atoms with Gasteiger partial charge >= 0.3 is 5.97 Å². The molecule has 1 aromatic heterocycles. The van der Waals surface area contributed by atoms with Crippen molar-refractivity contribution in [2.45, 2.75) is 44.7 Å². The third-order valence-corrected chi connectivity index (χ3v) is 3.74. The predicted molar refractivity (Wildman–Crippen MR) is 69.2 cm³/mol. The summed E-state index contributed by atoms with van der Waals surface area (Å²) in [5, 5.41) is 9.37. The number of pyridine rings is 1. The summed E-state index contributed by atoms with van der Waals surface area (Å²) in [7, 11) is 0. The van der Waals surface area contributed by atoms with Gasteiger partial charge in [-0.15, -0.1) is 0 Å². The fraction of sp³-hybridized carbons (Fsp3) is 0.571. The second-order valence-corrected chi connectivity index (χ2v) is 4.90. The van der Waals surface area contributed by atoms with Crippen LogP contribution in [0.2, 0.25) is 0 Å². The van der Waals surface area contributed by atoms with Gasteiger partial charge in [-0.3, -0.25) is 14.7 Å². The summed E-state index contributed by atoms with van der Waals surface area (Å²) in [5.41, 5.74) is 1.09. The minimum Gasteiger partial charge on any atom is -0.480 e. The van der Waals surface area contributed by atoms with Crippen molar-refractivity contribution < 1.29 is 9.90 Å². The minimum absolute atomic E-state index is 0.109. The number of hydrogen-bond donors (Lipinski definition) is 1. The van der Waals surface area contributed by atoms with Crippen molar-refractivity contribution in [3.8, 4) is 0 Å². The van der Waals surface area contributed by atoms with Gasteiger partial charge in [0.2, 0.25) is 0 Å². The molecule has 98 valence electrons. The third-order valence-electron chi connectivity index (χ3n) is 3.74. The summed E-state index contributed by atoms with van der Waals surface area (Å²) in [5.74, 6) is -0.701. The van der Waals surface area contributed by atoms with Gasteiger partial charge in [0.15, 0.2) is 0 Å². The predicted octanol–water partition coefficient (Wildman–Crippen LogP) is 2.47. The van der Waals surface area contributed by atoms with E-state index in [1.807, 2.05) is 18.3 Å². The molecule has 1 saturated heterocycles. The maximum atomic E-state index is 11.4. The molecule has 0 saturated carbocycles. The van der Waals surface area contributed by atoms with Crippen molar-refractivity contribution >= 4 is 5.97 Å². The topological polar surface area (TPSA) is 53.4 Å². The lowest BCUT2D eigenvalue weighted by atomic mass is 10.1. The highest BCUT2D eigenvalue weighted by Gasteiger charge is 2.30. The molecule has 1 N–H and O–H groups in total. The third kappa shape index (κ3) is 2.88. The Morgan fingerprint density at radius 1 is 1.50 bits per heavy atom. The Morgan fingerprint density at radius 3 is 3.00 bits per heavy atom. The van der Waals surface area contributed by atoms with E-state index in [-0.39, 0.29) is 12.1 Å². The highest BCUT2D eigenvalue weighted by molar-refractivity contribution is 5.73. The highest BCUT2D eigenvalue weighted by atomic mass is 16.4. The largest absolute Gasteiger partial charge is 0.480 e. The summed E-state index contributed by atoms with van der Waals surface area (Å²) < 4.78 is 0. The Kier molecular flexibility index (Phi) is 4.31. The fourth-order valence-electron chi connectivity index (χ4n) is 2.67. The Labute approximate surface area is 108 Å². The number of aromatic nitrogens is 1. The zero-order valence-electron chi connectivity index (χ0n) is 10.7. The molecule has 0 amide bonds. The van der Waals surface area contributed by atoms with Crippen LogP contribution < -0.4 is 0 Å². The van der Waals surface area contributed by atoms with Crippen LogP contribution in [-0.2, 0) is 4.79 Å². The van der Waals surface area contributed by atoms with Gasteiger partial charge in [-0.05, 0) is 37.9 Å². The van der Waals surface area contributed by atoms with Crippen LogP contribution in [0.1, 0.15) is 44.2 Å². The van der Waals surface area contributed by atoms with Crippen molar-refractivity contribution in [3.05, 3.63) is 30.1 Å². The molecule has 2 atom stereocenters. The van der Waals surface area contributed by atoms with Crippen LogP contribution in [0.25, 0.3) is 0 Å². The number of carboxylic acid groups (broad SMARTS) is 1. The Bertz CT molecular complexity index is 394. The van der Waals surface area contributed by atoms with Crippen LogP contribution in [0.5, 0.6) is 0 Å². The van der Waals surface area contributed by atoms with Crippen molar-refractivity contribution in [3.63, 3.8) is 0 Å². The molecule has 0 spiro atoms. The monoisotopic (exact) mass is 248 g/mol. The lowest BCUT2D eigenvalue weighted by molar-refractivity contribution is -0.144. The van der Waals surface area contributed by atoms with E-state index in [9.17, 15) is 9.90 Å². The maximum Gasteiger partial charge on any atom is 0.320 e. The van der Waals surface area contributed by atoms with Crippen LogP contribution in [0.15, 0.2) is 24.5 Å². The molecule has 4 heteroatoms. The van der Waals surface area contributed by atoms with Gasteiger partial charge < -0.3 is 5.11 Å². The molecule has 1 fully saturated rings. The standard InChI is InChI=1S/C14H20N2O2/c1-11(12-6-5-8-15-10-12)16-9-4-2-3-7-13(16)14(17)18/h5-6,8,10-11,13H,2-4,7,9H2,1H3,(H,17,18). The summed E-state index contributed by atoms with van der Waals surface area (Å²) in [6, 6.07) is 3.67. The van der Waals surface area contributed by atoms with Crippen molar-refractivity contribution in [1.29, 1.82) is 0 Å². The zero-order chi connectivity index (χ0) is 13.0. The molecular formula is C14H20N2O2. The molecule has 0 radical (unpaired) electrons. The first-order valence-electron chi connectivity index (χ1n) is 6.58. The Morgan fingerprint density at radius 2 is 2.33 bits per heavy atom. The molecule has 0 aliphatic carbocycles. The van der Waals surface area contributed by atoms with Crippen LogP contribution >= 0.6 is 0 Å². The number of carboxylic acids is 1. The van der Waals surface area contributed by atoms with E-state index in [0.717, 1.165) is 37.8 Å². The zero-order valence-corrected chi connectivity index (χ0v) is 10.7. The fourth-order valence-corrected chi connectivity index (χ4v) is 2.67. The van der Waals surface area contributed by atoms with Gasteiger partial charge in [0.05, 0.1) is 0 Å². The van der Waals surface area contributed by atoms with Crippen LogP contribution in [0.4, 0.5) is 0 Å². The van der Waals surface area contributed by atoms with Gasteiger partial charge in [0, 0.05) is 18.4 Å². The molecule has 4 nitrogen and oxygen atoms in total. The highest BCUT2D eigenvalue weighted by Crippen LogP contribution is 2.27. The number of nitrogens with zero attached hydrogens (tertiary/aromatic N) is 2. The van der Waals surface area contributed by atoms with E-state index >= 15 is 0 Å². The quantitative estimate of drug-likeness (QED) is 0.892. The smallest absolute Gasteiger partial charge is 0.320 e. The number of rotatable bonds is 3. The average molecular weight is 248 g/mol. The number of likely N-dealkylation sites (tertiary alicyclic amines) is 1. The minimum atomic E-state index is -0.701. The Balaban J connectivity index is 2.19. The van der Waals surface area contributed by atoms with Crippen molar-refractivity contribution in [2.24, 2.45) is 0 Å². The maximum absolute atomic E-state index is 11.4. The molecule has 1 aromatic rings. The molecule has 0 aromatic carbocycles. The lowest BCUT2D eigenvalue weighted by Gasteiger charge is -2.32. The molecular weight excluding hydrogens is 228 g/mol. The lowest BCUT2D eigenvalue weighted by Crippen LogP contribution is -2.42. The van der Waals surface area contributed by atoms with Crippen LogP contribution in [0, 0.1) is 0 Å². The van der Waals surface area contributed by atoms with E-state index in [4.69, 9.17) is 0 Å². The summed E-state index contributed by atoms with van der Waals surface area (Å²) in [6.45, 7) is 2.92. The normalized spacial score (nSPS) is 23.3. The number of carbonyl (C=O) groups is 1. The summed E-state index contributed by atoms with van der Waals surface area (Å²) >= 11 is 0.